The van der Waals surface area contributed by atoms with Crippen molar-refractivity contribution in [2.45, 2.75) is 13.1 Å². The number of H-pyrrole nitrogens is 1. The maximum atomic E-state index is 13.3. The lowest BCUT2D eigenvalue weighted by atomic mass is 10.0. The summed E-state index contributed by atoms with van der Waals surface area (Å²) >= 11 is 0. The number of nitrogen functional groups attached to an aromatic ring is 1. The van der Waals surface area contributed by atoms with E-state index < -0.39 is 17.6 Å². The van der Waals surface area contributed by atoms with Gasteiger partial charge in [-0.3, -0.25) is 4.57 Å². The van der Waals surface area contributed by atoms with Crippen molar-refractivity contribution in [2.75, 3.05) is 12.3 Å². The highest BCUT2D eigenvalue weighted by Crippen LogP contribution is 2.37. The summed E-state index contributed by atoms with van der Waals surface area (Å²) in [5.41, 5.74) is 7.59. The van der Waals surface area contributed by atoms with Crippen LogP contribution in [-0.4, -0.2) is 31.1 Å². The predicted octanol–water partition coefficient (Wildman–Crippen LogP) is 4.54. The van der Waals surface area contributed by atoms with Crippen LogP contribution in [0.25, 0.3) is 44.3 Å². The van der Waals surface area contributed by atoms with Crippen molar-refractivity contribution in [2.24, 2.45) is 7.05 Å². The lowest BCUT2D eigenvalue weighted by Crippen LogP contribution is -2.12. The van der Waals surface area contributed by atoms with Gasteiger partial charge in [-0.15, -0.1) is 0 Å². The minimum Gasteiger partial charge on any atom is -0.478 e. The first-order chi connectivity index (χ1) is 16.7. The van der Waals surface area contributed by atoms with Gasteiger partial charge in [-0.2, -0.15) is 13.2 Å². The lowest BCUT2D eigenvalue weighted by molar-refractivity contribution is -0.137. The number of imidazole rings is 1. The van der Waals surface area contributed by atoms with Crippen molar-refractivity contribution in [3.8, 4) is 28.3 Å². The summed E-state index contributed by atoms with van der Waals surface area (Å²) in [5.74, 6) is -0.122. The molecule has 0 unspecified atom stereocenters. The Hall–Kier alpha value is -4.41. The number of fused-ring (bicyclic) bond motifs is 3. The van der Waals surface area contributed by atoms with E-state index in [0.29, 0.717) is 51.2 Å². The first-order valence-corrected chi connectivity index (χ1v) is 10.6. The Morgan fingerprint density at radius 2 is 1.80 bits per heavy atom. The number of aromatic amines is 1. The van der Waals surface area contributed by atoms with Gasteiger partial charge >= 0.3 is 11.9 Å². The van der Waals surface area contributed by atoms with Gasteiger partial charge in [0.05, 0.1) is 34.4 Å². The van der Waals surface area contributed by atoms with E-state index in [1.807, 2.05) is 6.92 Å². The number of benzene rings is 1. The van der Waals surface area contributed by atoms with Gasteiger partial charge in [0.1, 0.15) is 5.82 Å². The van der Waals surface area contributed by atoms with Crippen LogP contribution in [0.3, 0.4) is 0 Å². The SMILES string of the molecule is CCOc1ccc(-c2nc3ccc(-c4cnc(N)c(C(F)(F)F)c4)cc3c3[nH]c(=O)n(C)c23)cn1. The normalized spacial score (nSPS) is 11.9. The highest BCUT2D eigenvalue weighted by atomic mass is 19.4. The van der Waals surface area contributed by atoms with Crippen LogP contribution < -0.4 is 16.2 Å². The van der Waals surface area contributed by atoms with E-state index in [0.717, 1.165) is 6.07 Å². The molecule has 0 aliphatic heterocycles. The number of halogens is 3. The van der Waals surface area contributed by atoms with Crippen molar-refractivity contribution < 1.29 is 17.9 Å². The van der Waals surface area contributed by atoms with Crippen LogP contribution in [-0.2, 0) is 13.2 Å². The average molecular weight is 480 g/mol. The van der Waals surface area contributed by atoms with Crippen LogP contribution >= 0.6 is 0 Å². The number of alkyl halides is 3. The van der Waals surface area contributed by atoms with Crippen LogP contribution in [0.15, 0.2) is 53.6 Å². The molecule has 0 aliphatic carbocycles. The zero-order valence-corrected chi connectivity index (χ0v) is 18.6. The molecule has 5 rings (SSSR count). The van der Waals surface area contributed by atoms with E-state index in [1.165, 1.54) is 10.8 Å². The van der Waals surface area contributed by atoms with E-state index in [9.17, 15) is 18.0 Å². The standard InChI is InChI=1S/C24H19F3N6O2/c1-3-35-18-7-5-13(10-29-18)19-21-20(32-23(34)33(21)2)15-8-12(4-6-17(15)31-19)14-9-16(24(25,26)27)22(28)30-11-14/h4-11H,3H2,1-2H3,(H2,28,30)(H,32,34). The van der Waals surface area contributed by atoms with E-state index >= 15 is 0 Å². The molecule has 8 nitrogen and oxygen atoms in total. The third kappa shape index (κ3) is 3.84. The van der Waals surface area contributed by atoms with Crippen LogP contribution in [0.4, 0.5) is 19.0 Å². The Morgan fingerprint density at radius 1 is 1.06 bits per heavy atom. The first kappa shape index (κ1) is 22.4. The van der Waals surface area contributed by atoms with Crippen LogP contribution in [0, 0.1) is 0 Å². The molecule has 0 saturated heterocycles. The fourth-order valence-electron chi connectivity index (χ4n) is 3.99. The van der Waals surface area contributed by atoms with Gasteiger partial charge in [0.2, 0.25) is 5.88 Å². The molecule has 0 bridgehead atoms. The Balaban J connectivity index is 1.72. The number of hydrogen-bond acceptors (Lipinski definition) is 6. The largest absolute Gasteiger partial charge is 0.478 e. The number of pyridine rings is 3. The van der Waals surface area contributed by atoms with Crippen LogP contribution in [0.5, 0.6) is 5.88 Å². The maximum absolute atomic E-state index is 13.3. The Labute approximate surface area is 196 Å². The highest BCUT2D eigenvalue weighted by Gasteiger charge is 2.34. The van der Waals surface area contributed by atoms with Crippen molar-refractivity contribution in [1.82, 2.24) is 24.5 Å². The quantitative estimate of drug-likeness (QED) is 0.391. The molecule has 0 amide bonds. The summed E-state index contributed by atoms with van der Waals surface area (Å²) in [4.78, 5) is 28.1. The molecule has 178 valence electrons. The minimum absolute atomic E-state index is 0.236. The Bertz CT molecular complexity index is 1640. The molecule has 4 heterocycles. The van der Waals surface area contributed by atoms with E-state index in [1.54, 1.807) is 43.6 Å². The molecule has 1 aromatic carbocycles. The second-order valence-corrected chi connectivity index (χ2v) is 7.88. The van der Waals surface area contributed by atoms with Crippen LogP contribution in [0.2, 0.25) is 0 Å². The number of hydrogen-bond donors (Lipinski definition) is 2. The molecule has 0 saturated carbocycles. The Kier molecular flexibility index (Phi) is 5.19. The maximum Gasteiger partial charge on any atom is 0.419 e. The van der Waals surface area contributed by atoms with Crippen LogP contribution in [0.1, 0.15) is 12.5 Å². The third-order valence-electron chi connectivity index (χ3n) is 5.69. The number of nitrogens with two attached hydrogens (primary N) is 1. The summed E-state index contributed by atoms with van der Waals surface area (Å²) < 4.78 is 46.9. The number of aromatic nitrogens is 5. The smallest absolute Gasteiger partial charge is 0.419 e. The third-order valence-corrected chi connectivity index (χ3v) is 5.69. The monoisotopic (exact) mass is 480 g/mol. The van der Waals surface area contributed by atoms with Crippen molar-refractivity contribution >= 4 is 27.8 Å². The molecule has 0 atom stereocenters. The van der Waals surface area contributed by atoms with Gasteiger partial charge in [-0.25, -0.2) is 19.7 Å². The summed E-state index contributed by atoms with van der Waals surface area (Å²) in [5, 5.41) is 0.572. The van der Waals surface area contributed by atoms with Crippen molar-refractivity contribution in [1.29, 1.82) is 0 Å². The lowest BCUT2D eigenvalue weighted by Gasteiger charge is -2.12. The average Bonchev–Trinajstić information content (AvgIpc) is 3.13. The molecule has 0 fully saturated rings. The van der Waals surface area contributed by atoms with Gasteiger partial charge in [0.15, 0.2) is 0 Å². The number of nitrogens with one attached hydrogen (secondary N) is 1. The predicted molar refractivity (Wildman–Crippen MR) is 126 cm³/mol. The van der Waals surface area contributed by atoms with Crippen molar-refractivity contribution in [3.05, 3.63) is 64.8 Å². The fraction of sp³-hybridized carbons (Fsp3) is 0.167. The molecule has 35 heavy (non-hydrogen) atoms. The van der Waals surface area contributed by atoms with Gasteiger partial charge in [-0.05, 0) is 36.8 Å². The number of ether oxygens (including phenoxy) is 1. The van der Waals surface area contributed by atoms with E-state index in [2.05, 4.69) is 15.0 Å². The van der Waals surface area contributed by atoms with Gasteiger partial charge in [0.25, 0.3) is 0 Å². The first-order valence-electron chi connectivity index (χ1n) is 10.6. The van der Waals surface area contributed by atoms with Gasteiger partial charge in [-0.1, -0.05) is 6.07 Å². The molecular formula is C24H19F3N6O2. The highest BCUT2D eigenvalue weighted by molar-refractivity contribution is 6.08. The number of aryl methyl sites for hydroxylation is 1. The van der Waals surface area contributed by atoms with Gasteiger partial charge in [0, 0.05) is 42.0 Å². The van der Waals surface area contributed by atoms with Crippen molar-refractivity contribution in [3.63, 3.8) is 0 Å². The minimum atomic E-state index is -4.63. The molecule has 0 aliphatic rings. The second kappa shape index (κ2) is 8.12. The van der Waals surface area contributed by atoms with E-state index in [4.69, 9.17) is 15.5 Å². The second-order valence-electron chi connectivity index (χ2n) is 7.88. The van der Waals surface area contributed by atoms with E-state index in [-0.39, 0.29) is 11.3 Å². The summed E-state index contributed by atoms with van der Waals surface area (Å²) in [6.45, 7) is 2.34. The fourth-order valence-corrected chi connectivity index (χ4v) is 3.99. The van der Waals surface area contributed by atoms with Gasteiger partial charge < -0.3 is 15.5 Å². The molecule has 5 aromatic rings. The Morgan fingerprint density at radius 3 is 2.49 bits per heavy atom. The summed E-state index contributed by atoms with van der Waals surface area (Å²) in [6.07, 6.45) is -1.74. The summed E-state index contributed by atoms with van der Waals surface area (Å²) in [6, 6.07) is 9.49. The number of rotatable bonds is 4. The number of anilines is 1. The molecule has 0 spiro atoms. The molecular weight excluding hydrogens is 461 g/mol. The topological polar surface area (TPSA) is 112 Å². The molecule has 11 heteroatoms. The molecule has 0 radical (unpaired) electrons. The molecule has 3 N–H and O–H groups in total. The molecule has 4 aromatic heterocycles. The zero-order chi connectivity index (χ0) is 24.9. The number of nitrogens with zero attached hydrogens (tertiary/aromatic N) is 4. The zero-order valence-electron chi connectivity index (χ0n) is 18.6. The summed E-state index contributed by atoms with van der Waals surface area (Å²) in [7, 11) is 1.61.